The van der Waals surface area contributed by atoms with Crippen molar-refractivity contribution in [2.75, 3.05) is 4.90 Å². The summed E-state index contributed by atoms with van der Waals surface area (Å²) in [5, 5.41) is 0. The van der Waals surface area contributed by atoms with Crippen molar-refractivity contribution in [2.45, 2.75) is 20.5 Å². The molecule has 4 aromatic rings. The summed E-state index contributed by atoms with van der Waals surface area (Å²) >= 11 is 0. The van der Waals surface area contributed by atoms with Crippen molar-refractivity contribution in [3.63, 3.8) is 0 Å². The van der Waals surface area contributed by atoms with Gasteiger partial charge >= 0.3 is 5.97 Å². The lowest BCUT2D eigenvalue weighted by Crippen LogP contribution is -2.30. The van der Waals surface area contributed by atoms with E-state index in [1.165, 1.54) is 23.1 Å². The van der Waals surface area contributed by atoms with Gasteiger partial charge in [-0.1, -0.05) is 18.2 Å². The van der Waals surface area contributed by atoms with Gasteiger partial charge in [0.2, 0.25) is 0 Å². The van der Waals surface area contributed by atoms with Crippen LogP contribution >= 0.6 is 0 Å². The number of esters is 1. The summed E-state index contributed by atoms with van der Waals surface area (Å²) in [4.78, 5) is 44.2. The molecular formula is C25H19N3O4. The summed E-state index contributed by atoms with van der Waals surface area (Å²) in [7, 11) is 0. The number of hydrogen-bond donors (Lipinski definition) is 0. The lowest BCUT2D eigenvalue weighted by molar-refractivity contribution is 0.0468. The SMILES string of the molecule is Cc1ccc(C)c(N2C(=O)c3ccc(C(=O)OCc4cn5ccccc5n4)cc3C2=O)c1. The third kappa shape index (κ3) is 3.24. The average Bonchev–Trinajstić information content (AvgIpc) is 3.32. The minimum absolute atomic E-state index is 0.000906. The molecule has 0 fully saturated rings. The van der Waals surface area contributed by atoms with E-state index >= 15 is 0 Å². The van der Waals surface area contributed by atoms with Gasteiger partial charge in [-0.05, 0) is 61.4 Å². The first kappa shape index (κ1) is 19.7. The van der Waals surface area contributed by atoms with Gasteiger partial charge in [-0.3, -0.25) is 9.59 Å². The molecule has 0 saturated heterocycles. The minimum Gasteiger partial charge on any atom is -0.456 e. The molecule has 7 nitrogen and oxygen atoms in total. The number of anilines is 1. The zero-order valence-corrected chi connectivity index (χ0v) is 17.5. The Kier molecular flexibility index (Phi) is 4.59. The Morgan fingerprint density at radius 2 is 1.78 bits per heavy atom. The number of benzene rings is 2. The lowest BCUT2D eigenvalue weighted by Gasteiger charge is -2.17. The maximum absolute atomic E-state index is 13.1. The first-order valence-corrected chi connectivity index (χ1v) is 10.1. The average molecular weight is 425 g/mol. The molecule has 1 aliphatic heterocycles. The van der Waals surface area contributed by atoms with E-state index < -0.39 is 17.8 Å². The number of imide groups is 1. The second-order valence-corrected chi connectivity index (χ2v) is 7.77. The molecule has 1 aliphatic rings. The Hall–Kier alpha value is -4.26. The van der Waals surface area contributed by atoms with E-state index in [0.29, 0.717) is 11.4 Å². The van der Waals surface area contributed by atoms with Crippen LogP contribution in [0.1, 0.15) is 47.9 Å². The summed E-state index contributed by atoms with van der Waals surface area (Å²) in [5.74, 6) is -1.44. The molecular weight excluding hydrogens is 406 g/mol. The normalized spacial score (nSPS) is 13.0. The van der Waals surface area contributed by atoms with Crippen LogP contribution < -0.4 is 4.90 Å². The predicted octanol–water partition coefficient (Wildman–Crippen LogP) is 4.11. The van der Waals surface area contributed by atoms with Crippen LogP contribution in [0.3, 0.4) is 0 Å². The van der Waals surface area contributed by atoms with Gasteiger partial charge in [0.1, 0.15) is 12.3 Å². The second-order valence-electron chi connectivity index (χ2n) is 7.77. The third-order valence-electron chi connectivity index (χ3n) is 5.49. The van der Waals surface area contributed by atoms with Crippen molar-refractivity contribution in [1.82, 2.24) is 9.38 Å². The standard InChI is InChI=1S/C25H19N3O4/c1-15-6-7-16(2)21(11-15)28-23(29)19-9-8-17(12-20(19)24(28)30)25(31)32-14-18-13-27-10-4-3-5-22(27)26-18/h3-13H,14H2,1-2H3. The monoisotopic (exact) mass is 425 g/mol. The van der Waals surface area contributed by atoms with E-state index in [-0.39, 0.29) is 23.3 Å². The number of fused-ring (bicyclic) bond motifs is 2. The molecule has 2 amide bonds. The summed E-state index contributed by atoms with van der Waals surface area (Å²) in [6.07, 6.45) is 3.65. The number of nitrogens with zero attached hydrogens (tertiary/aromatic N) is 3. The second kappa shape index (κ2) is 7.46. The maximum Gasteiger partial charge on any atom is 0.338 e. The highest BCUT2D eigenvalue weighted by atomic mass is 16.5. The van der Waals surface area contributed by atoms with Crippen LogP contribution in [0.2, 0.25) is 0 Å². The van der Waals surface area contributed by atoms with Gasteiger partial charge in [0.05, 0.1) is 28.1 Å². The molecule has 0 radical (unpaired) electrons. The highest BCUT2D eigenvalue weighted by Gasteiger charge is 2.38. The number of amides is 2. The molecule has 5 rings (SSSR count). The van der Waals surface area contributed by atoms with Gasteiger partial charge in [-0.15, -0.1) is 0 Å². The van der Waals surface area contributed by atoms with E-state index in [4.69, 9.17) is 4.74 Å². The van der Waals surface area contributed by atoms with Crippen LogP contribution in [-0.4, -0.2) is 27.2 Å². The molecule has 0 aliphatic carbocycles. The Bertz CT molecular complexity index is 1390. The Balaban J connectivity index is 1.38. The number of imidazole rings is 1. The molecule has 7 heteroatoms. The molecule has 0 N–H and O–H groups in total. The fourth-order valence-electron chi connectivity index (χ4n) is 3.83. The molecule has 0 bridgehead atoms. The van der Waals surface area contributed by atoms with Crippen molar-refractivity contribution < 1.29 is 19.1 Å². The summed E-state index contributed by atoms with van der Waals surface area (Å²) in [6.45, 7) is 3.75. The number of hydrogen-bond acceptors (Lipinski definition) is 5. The molecule has 0 spiro atoms. The van der Waals surface area contributed by atoms with E-state index in [1.54, 1.807) is 12.3 Å². The smallest absolute Gasteiger partial charge is 0.338 e. The fourth-order valence-corrected chi connectivity index (χ4v) is 3.83. The zero-order chi connectivity index (χ0) is 22.4. The van der Waals surface area contributed by atoms with Crippen LogP contribution in [0.4, 0.5) is 5.69 Å². The van der Waals surface area contributed by atoms with Crippen LogP contribution in [-0.2, 0) is 11.3 Å². The lowest BCUT2D eigenvalue weighted by atomic mass is 10.1. The molecule has 0 atom stereocenters. The number of pyridine rings is 1. The van der Waals surface area contributed by atoms with Crippen LogP contribution in [0.15, 0.2) is 67.0 Å². The summed E-state index contributed by atoms with van der Waals surface area (Å²) in [5.41, 5.74) is 4.34. The molecule has 158 valence electrons. The van der Waals surface area contributed by atoms with Crippen LogP contribution in [0.5, 0.6) is 0 Å². The zero-order valence-electron chi connectivity index (χ0n) is 17.5. The van der Waals surface area contributed by atoms with Gasteiger partial charge in [-0.25, -0.2) is 14.7 Å². The number of carbonyl (C=O) groups excluding carboxylic acids is 3. The number of rotatable bonds is 4. The van der Waals surface area contributed by atoms with Crippen LogP contribution in [0, 0.1) is 13.8 Å². The Morgan fingerprint density at radius 1 is 0.969 bits per heavy atom. The quantitative estimate of drug-likeness (QED) is 0.363. The third-order valence-corrected chi connectivity index (χ3v) is 5.49. The van der Waals surface area contributed by atoms with E-state index in [1.807, 2.05) is 54.8 Å². The Labute approximate surface area is 183 Å². The van der Waals surface area contributed by atoms with E-state index in [9.17, 15) is 14.4 Å². The van der Waals surface area contributed by atoms with Crippen LogP contribution in [0.25, 0.3) is 5.65 Å². The van der Waals surface area contributed by atoms with Crippen molar-refractivity contribution >= 4 is 29.1 Å². The topological polar surface area (TPSA) is 81.0 Å². The maximum atomic E-state index is 13.1. The van der Waals surface area contributed by atoms with Gasteiger partial charge in [0.15, 0.2) is 0 Å². The number of carbonyl (C=O) groups is 3. The number of aryl methyl sites for hydroxylation is 2. The molecule has 2 aromatic carbocycles. The van der Waals surface area contributed by atoms with Crippen molar-refractivity contribution in [1.29, 1.82) is 0 Å². The van der Waals surface area contributed by atoms with Gasteiger partial charge in [0, 0.05) is 12.4 Å². The van der Waals surface area contributed by atoms with Crippen molar-refractivity contribution in [3.05, 3.63) is 101 Å². The van der Waals surface area contributed by atoms with Gasteiger partial charge in [-0.2, -0.15) is 0 Å². The van der Waals surface area contributed by atoms with Gasteiger partial charge < -0.3 is 9.14 Å². The van der Waals surface area contributed by atoms with Crippen molar-refractivity contribution in [3.8, 4) is 0 Å². The number of aromatic nitrogens is 2. The van der Waals surface area contributed by atoms with E-state index in [2.05, 4.69) is 4.98 Å². The fraction of sp³-hybridized carbons (Fsp3) is 0.120. The predicted molar refractivity (Wildman–Crippen MR) is 118 cm³/mol. The minimum atomic E-state index is -0.588. The Morgan fingerprint density at radius 3 is 2.59 bits per heavy atom. The highest BCUT2D eigenvalue weighted by Crippen LogP contribution is 2.32. The largest absolute Gasteiger partial charge is 0.456 e. The molecule has 3 heterocycles. The molecule has 0 unspecified atom stereocenters. The highest BCUT2D eigenvalue weighted by molar-refractivity contribution is 6.35. The summed E-state index contributed by atoms with van der Waals surface area (Å²) < 4.78 is 7.23. The summed E-state index contributed by atoms with van der Waals surface area (Å²) in [6, 6.07) is 15.6. The molecule has 32 heavy (non-hydrogen) atoms. The van der Waals surface area contributed by atoms with Gasteiger partial charge in [0.25, 0.3) is 11.8 Å². The van der Waals surface area contributed by atoms with Crippen molar-refractivity contribution in [2.24, 2.45) is 0 Å². The molecule has 2 aromatic heterocycles. The van der Waals surface area contributed by atoms with E-state index in [0.717, 1.165) is 16.8 Å². The number of ether oxygens (including phenoxy) is 1. The first-order chi connectivity index (χ1) is 15.4. The molecule has 0 saturated carbocycles. The first-order valence-electron chi connectivity index (χ1n) is 10.1.